The molecule has 0 saturated carbocycles. The number of halogens is 1. The maximum atomic E-state index is 5.90. The Balaban J connectivity index is 2.00. The molecular formula is C13H14ClN3. The quantitative estimate of drug-likeness (QED) is 0.901. The van der Waals surface area contributed by atoms with Gasteiger partial charge in [0, 0.05) is 18.9 Å². The minimum atomic E-state index is 0.401. The number of hydrogen-bond donors (Lipinski definition) is 1. The van der Waals surface area contributed by atoms with Crippen LogP contribution in [0.3, 0.4) is 0 Å². The molecule has 0 saturated heterocycles. The van der Waals surface area contributed by atoms with Crippen LogP contribution in [-0.2, 0) is 13.0 Å². The highest BCUT2D eigenvalue weighted by Gasteiger charge is 2.01. The molecule has 4 heteroatoms. The minimum absolute atomic E-state index is 0.401. The number of benzene rings is 1. The van der Waals surface area contributed by atoms with E-state index in [1.165, 1.54) is 11.1 Å². The van der Waals surface area contributed by atoms with Crippen LogP contribution in [0.1, 0.15) is 18.1 Å². The van der Waals surface area contributed by atoms with Crippen molar-refractivity contribution < 1.29 is 0 Å². The van der Waals surface area contributed by atoms with Crippen molar-refractivity contribution in [3.8, 4) is 0 Å². The molecule has 1 aromatic heterocycles. The van der Waals surface area contributed by atoms with E-state index >= 15 is 0 Å². The van der Waals surface area contributed by atoms with E-state index in [9.17, 15) is 0 Å². The van der Waals surface area contributed by atoms with Crippen LogP contribution >= 0.6 is 11.6 Å². The Kier molecular flexibility index (Phi) is 3.94. The van der Waals surface area contributed by atoms with E-state index in [4.69, 9.17) is 11.6 Å². The molecular weight excluding hydrogens is 234 g/mol. The molecule has 0 radical (unpaired) electrons. The zero-order chi connectivity index (χ0) is 12.1. The molecule has 2 rings (SSSR count). The smallest absolute Gasteiger partial charge is 0.171 e. The lowest BCUT2D eigenvalue weighted by Crippen LogP contribution is -2.02. The van der Waals surface area contributed by atoms with Crippen LogP contribution < -0.4 is 5.32 Å². The molecule has 17 heavy (non-hydrogen) atoms. The van der Waals surface area contributed by atoms with Crippen molar-refractivity contribution in [3.63, 3.8) is 0 Å². The summed E-state index contributed by atoms with van der Waals surface area (Å²) in [5.74, 6) is 0.619. The van der Waals surface area contributed by atoms with Crippen LogP contribution in [0.2, 0.25) is 5.15 Å². The Morgan fingerprint density at radius 2 is 1.71 bits per heavy atom. The van der Waals surface area contributed by atoms with E-state index in [-0.39, 0.29) is 0 Å². The van der Waals surface area contributed by atoms with E-state index < -0.39 is 0 Å². The lowest BCUT2D eigenvalue weighted by Gasteiger charge is -2.06. The molecule has 0 aliphatic rings. The summed E-state index contributed by atoms with van der Waals surface area (Å²) < 4.78 is 0. The number of nitrogens with zero attached hydrogens (tertiary/aromatic N) is 2. The van der Waals surface area contributed by atoms with Crippen LogP contribution in [0.15, 0.2) is 36.7 Å². The maximum Gasteiger partial charge on any atom is 0.171 e. The lowest BCUT2D eigenvalue weighted by atomic mass is 10.1. The van der Waals surface area contributed by atoms with Gasteiger partial charge in [-0.05, 0) is 17.5 Å². The molecule has 0 amide bonds. The fraction of sp³-hybridized carbons (Fsp3) is 0.231. The summed E-state index contributed by atoms with van der Waals surface area (Å²) in [6.07, 6.45) is 4.25. The number of aromatic nitrogens is 2. The van der Waals surface area contributed by atoms with Crippen LogP contribution in [0, 0.1) is 0 Å². The molecule has 0 aliphatic carbocycles. The van der Waals surface area contributed by atoms with Gasteiger partial charge in [0.05, 0.1) is 0 Å². The van der Waals surface area contributed by atoms with Crippen molar-refractivity contribution in [1.29, 1.82) is 0 Å². The van der Waals surface area contributed by atoms with Gasteiger partial charge in [-0.2, -0.15) is 0 Å². The molecule has 0 fully saturated rings. The predicted octanol–water partition coefficient (Wildman–Crippen LogP) is 3.30. The molecule has 88 valence electrons. The van der Waals surface area contributed by atoms with Gasteiger partial charge in [0.1, 0.15) is 0 Å². The number of rotatable bonds is 4. The molecule has 0 unspecified atom stereocenters. The molecule has 0 atom stereocenters. The highest BCUT2D eigenvalue weighted by atomic mass is 35.5. The van der Waals surface area contributed by atoms with Crippen molar-refractivity contribution >= 4 is 17.4 Å². The largest absolute Gasteiger partial charge is 0.363 e. The molecule has 0 aliphatic heterocycles. The number of anilines is 1. The van der Waals surface area contributed by atoms with Crippen LogP contribution in [0.5, 0.6) is 0 Å². The second kappa shape index (κ2) is 5.64. The third-order valence-corrected chi connectivity index (χ3v) is 2.82. The van der Waals surface area contributed by atoms with Gasteiger partial charge < -0.3 is 5.32 Å². The molecule has 3 nitrogen and oxygen atoms in total. The summed E-state index contributed by atoms with van der Waals surface area (Å²) in [5.41, 5.74) is 2.54. The van der Waals surface area contributed by atoms with Crippen LogP contribution in [0.4, 0.5) is 5.82 Å². The van der Waals surface area contributed by atoms with Crippen molar-refractivity contribution in [1.82, 2.24) is 9.97 Å². The lowest BCUT2D eigenvalue weighted by molar-refractivity contribution is 1.07. The Bertz CT molecular complexity index is 482. The molecule has 1 heterocycles. The fourth-order valence-corrected chi connectivity index (χ4v) is 1.69. The first-order chi connectivity index (χ1) is 8.29. The first-order valence-corrected chi connectivity index (χ1v) is 5.95. The van der Waals surface area contributed by atoms with Crippen molar-refractivity contribution in [3.05, 3.63) is 52.9 Å². The third kappa shape index (κ3) is 3.17. The number of nitrogens with one attached hydrogen (secondary N) is 1. The number of hydrogen-bond acceptors (Lipinski definition) is 3. The van der Waals surface area contributed by atoms with E-state index in [1.807, 2.05) is 0 Å². The zero-order valence-corrected chi connectivity index (χ0v) is 10.4. The minimum Gasteiger partial charge on any atom is -0.363 e. The van der Waals surface area contributed by atoms with Gasteiger partial charge in [-0.3, -0.25) is 0 Å². The maximum absolute atomic E-state index is 5.90. The average molecular weight is 248 g/mol. The molecule has 1 aromatic carbocycles. The van der Waals surface area contributed by atoms with Crippen molar-refractivity contribution in [2.75, 3.05) is 5.32 Å². The average Bonchev–Trinajstić information content (AvgIpc) is 2.38. The summed E-state index contributed by atoms with van der Waals surface area (Å²) in [5, 5.41) is 3.56. The van der Waals surface area contributed by atoms with Gasteiger partial charge in [-0.15, -0.1) is 0 Å². The van der Waals surface area contributed by atoms with Crippen LogP contribution in [-0.4, -0.2) is 9.97 Å². The van der Waals surface area contributed by atoms with Gasteiger partial charge in [0.25, 0.3) is 0 Å². The third-order valence-electron chi connectivity index (χ3n) is 2.54. The Morgan fingerprint density at radius 1 is 1.06 bits per heavy atom. The van der Waals surface area contributed by atoms with E-state index in [0.29, 0.717) is 17.5 Å². The second-order valence-electron chi connectivity index (χ2n) is 3.72. The van der Waals surface area contributed by atoms with Crippen molar-refractivity contribution in [2.24, 2.45) is 0 Å². The normalized spacial score (nSPS) is 10.2. The summed E-state index contributed by atoms with van der Waals surface area (Å²) in [6, 6.07) is 8.48. The van der Waals surface area contributed by atoms with Gasteiger partial charge in [0.2, 0.25) is 0 Å². The van der Waals surface area contributed by atoms with E-state index in [2.05, 4.69) is 46.5 Å². The summed E-state index contributed by atoms with van der Waals surface area (Å²) in [6.45, 7) is 2.84. The first kappa shape index (κ1) is 11.9. The second-order valence-corrected chi connectivity index (χ2v) is 4.08. The predicted molar refractivity (Wildman–Crippen MR) is 70.2 cm³/mol. The molecule has 2 aromatic rings. The highest BCUT2D eigenvalue weighted by Crippen LogP contribution is 2.15. The molecule has 0 bridgehead atoms. The van der Waals surface area contributed by atoms with Gasteiger partial charge >= 0.3 is 0 Å². The molecule has 1 N–H and O–H groups in total. The highest BCUT2D eigenvalue weighted by molar-refractivity contribution is 6.31. The monoisotopic (exact) mass is 247 g/mol. The number of aryl methyl sites for hydroxylation is 1. The van der Waals surface area contributed by atoms with Crippen molar-refractivity contribution in [2.45, 2.75) is 19.9 Å². The zero-order valence-electron chi connectivity index (χ0n) is 9.65. The van der Waals surface area contributed by atoms with E-state index in [1.54, 1.807) is 12.4 Å². The van der Waals surface area contributed by atoms with Gasteiger partial charge in [0.15, 0.2) is 11.0 Å². The summed E-state index contributed by atoms with van der Waals surface area (Å²) in [4.78, 5) is 8.08. The fourth-order valence-electron chi connectivity index (χ4n) is 1.52. The first-order valence-electron chi connectivity index (χ1n) is 5.58. The van der Waals surface area contributed by atoms with Crippen LogP contribution in [0.25, 0.3) is 0 Å². The SMILES string of the molecule is CCc1ccc(CNc2nccnc2Cl)cc1. The Morgan fingerprint density at radius 3 is 2.35 bits per heavy atom. The summed E-state index contributed by atoms with van der Waals surface area (Å²) >= 11 is 5.90. The van der Waals surface area contributed by atoms with E-state index in [0.717, 1.165) is 6.42 Å². The summed E-state index contributed by atoms with van der Waals surface area (Å²) in [7, 11) is 0. The Hall–Kier alpha value is -1.61. The standard InChI is InChI=1S/C13H14ClN3/c1-2-10-3-5-11(6-4-10)9-17-13-12(14)15-7-8-16-13/h3-8H,2,9H2,1H3,(H,16,17). The van der Waals surface area contributed by atoms with Gasteiger partial charge in [-0.25, -0.2) is 9.97 Å². The van der Waals surface area contributed by atoms with Gasteiger partial charge in [-0.1, -0.05) is 42.8 Å². The molecule has 0 spiro atoms. The topological polar surface area (TPSA) is 37.8 Å². The Labute approximate surface area is 106 Å².